The molecule has 0 aliphatic carbocycles. The molecule has 0 fully saturated rings. The predicted molar refractivity (Wildman–Crippen MR) is 95.2 cm³/mol. The van der Waals surface area contributed by atoms with Gasteiger partial charge < -0.3 is 4.74 Å². The van der Waals surface area contributed by atoms with Gasteiger partial charge >= 0.3 is 0 Å². The van der Waals surface area contributed by atoms with Crippen molar-refractivity contribution in [3.8, 4) is 0 Å². The van der Waals surface area contributed by atoms with Gasteiger partial charge in [-0.1, -0.05) is 66.2 Å². The zero-order valence-corrected chi connectivity index (χ0v) is 14.9. The minimum absolute atomic E-state index is 0.677. The summed E-state index contributed by atoms with van der Waals surface area (Å²) in [6, 6.07) is 0. The summed E-state index contributed by atoms with van der Waals surface area (Å²) >= 11 is 0. The Hall–Kier alpha value is -0.720. The Morgan fingerprint density at radius 3 is 1.43 bits per heavy atom. The lowest BCUT2D eigenvalue weighted by molar-refractivity contribution is 0.384. The van der Waals surface area contributed by atoms with E-state index in [0.717, 1.165) is 0 Å². The molecule has 0 aromatic carbocycles. The highest BCUT2D eigenvalue weighted by atomic mass is 16.5. The Labute approximate surface area is 133 Å². The fourth-order valence-corrected chi connectivity index (χ4v) is 2.54. The summed E-state index contributed by atoms with van der Waals surface area (Å²) in [7, 11) is 0. The van der Waals surface area contributed by atoms with Gasteiger partial charge in [-0.15, -0.1) is 0 Å². The van der Waals surface area contributed by atoms with Crippen LogP contribution in [-0.4, -0.2) is 0 Å². The fraction of sp³-hybridized carbons (Fsp3) is 0.800. The number of ether oxygens (including phenoxy) is 1. The molecule has 0 saturated carbocycles. The summed E-state index contributed by atoms with van der Waals surface area (Å²) in [5.74, 6) is 1.35. The van der Waals surface area contributed by atoms with Crippen molar-refractivity contribution in [1.82, 2.24) is 0 Å². The molecular weight excluding hydrogens is 256 g/mol. The van der Waals surface area contributed by atoms with Gasteiger partial charge in [-0.25, -0.2) is 0 Å². The van der Waals surface area contributed by atoms with E-state index in [1.807, 2.05) is 12.5 Å². The maximum Gasteiger partial charge on any atom is 0.0864 e. The Kier molecular flexibility index (Phi) is 15.1. The lowest BCUT2D eigenvalue weighted by atomic mass is 9.99. The van der Waals surface area contributed by atoms with Crippen LogP contribution < -0.4 is 0 Å². The first-order chi connectivity index (χ1) is 10.3. The fourth-order valence-electron chi connectivity index (χ4n) is 2.54. The quantitative estimate of drug-likeness (QED) is 0.242. The van der Waals surface area contributed by atoms with Crippen LogP contribution in [0.25, 0.3) is 0 Å². The molecule has 0 amide bonds. The normalized spacial score (nSPS) is 14.9. The largest absolute Gasteiger partial charge is 0.473 e. The molecule has 1 heteroatoms. The van der Waals surface area contributed by atoms with Crippen LogP contribution in [0.4, 0.5) is 0 Å². The Balaban J connectivity index is 3.90. The second-order valence-corrected chi connectivity index (χ2v) is 6.12. The minimum Gasteiger partial charge on any atom is -0.473 e. The molecule has 0 aromatic rings. The van der Waals surface area contributed by atoms with Gasteiger partial charge in [-0.05, 0) is 49.7 Å². The number of allylic oxidation sites excluding steroid dienone is 2. The SMILES string of the molecule is CCCCCC(/C=C/O/C=C/C(CC)CCCCC)CC. The monoisotopic (exact) mass is 294 g/mol. The summed E-state index contributed by atoms with van der Waals surface area (Å²) in [5, 5.41) is 0. The summed E-state index contributed by atoms with van der Waals surface area (Å²) in [6.07, 6.45) is 21.2. The summed E-state index contributed by atoms with van der Waals surface area (Å²) in [6.45, 7) is 9.04. The first-order valence-electron chi connectivity index (χ1n) is 9.27. The van der Waals surface area contributed by atoms with Gasteiger partial charge in [-0.3, -0.25) is 0 Å². The van der Waals surface area contributed by atoms with E-state index in [0.29, 0.717) is 11.8 Å². The van der Waals surface area contributed by atoms with Crippen LogP contribution in [0, 0.1) is 11.8 Å². The average Bonchev–Trinajstić information content (AvgIpc) is 2.51. The number of rotatable bonds is 14. The highest BCUT2D eigenvalue weighted by molar-refractivity contribution is 4.87. The van der Waals surface area contributed by atoms with Gasteiger partial charge in [0.25, 0.3) is 0 Å². The van der Waals surface area contributed by atoms with Crippen LogP contribution in [0.3, 0.4) is 0 Å². The van der Waals surface area contributed by atoms with Crippen molar-refractivity contribution < 1.29 is 4.74 Å². The van der Waals surface area contributed by atoms with E-state index >= 15 is 0 Å². The first kappa shape index (κ1) is 20.3. The van der Waals surface area contributed by atoms with E-state index in [1.165, 1.54) is 64.2 Å². The van der Waals surface area contributed by atoms with Crippen molar-refractivity contribution in [2.45, 2.75) is 91.9 Å². The smallest absolute Gasteiger partial charge is 0.0864 e. The van der Waals surface area contributed by atoms with Gasteiger partial charge in [-0.2, -0.15) is 0 Å². The molecule has 1 nitrogen and oxygen atoms in total. The van der Waals surface area contributed by atoms with Crippen LogP contribution in [0.1, 0.15) is 91.9 Å². The standard InChI is InChI=1S/C20H38O/c1-5-9-11-13-19(7-3)15-17-21-18-16-20(8-4)14-12-10-6-2/h15-20H,5-14H2,1-4H3/b17-15+,18-16+. The van der Waals surface area contributed by atoms with E-state index in [-0.39, 0.29) is 0 Å². The van der Waals surface area contributed by atoms with Crippen molar-refractivity contribution in [2.75, 3.05) is 0 Å². The third-order valence-corrected chi connectivity index (χ3v) is 4.26. The van der Waals surface area contributed by atoms with E-state index in [2.05, 4.69) is 39.8 Å². The predicted octanol–water partition coefficient (Wildman–Crippen LogP) is 7.24. The Morgan fingerprint density at radius 2 is 1.10 bits per heavy atom. The van der Waals surface area contributed by atoms with E-state index in [1.54, 1.807) is 0 Å². The third-order valence-electron chi connectivity index (χ3n) is 4.26. The number of unbranched alkanes of at least 4 members (excludes halogenated alkanes) is 4. The number of hydrogen-bond donors (Lipinski definition) is 0. The first-order valence-corrected chi connectivity index (χ1v) is 9.27. The summed E-state index contributed by atoms with van der Waals surface area (Å²) in [5.41, 5.74) is 0. The molecule has 0 spiro atoms. The topological polar surface area (TPSA) is 9.23 Å². The molecule has 0 aromatic heterocycles. The second-order valence-electron chi connectivity index (χ2n) is 6.12. The van der Waals surface area contributed by atoms with Gasteiger partial charge in [0.2, 0.25) is 0 Å². The molecule has 0 heterocycles. The van der Waals surface area contributed by atoms with Crippen molar-refractivity contribution in [3.05, 3.63) is 24.7 Å². The zero-order valence-electron chi connectivity index (χ0n) is 14.9. The van der Waals surface area contributed by atoms with E-state index in [9.17, 15) is 0 Å². The summed E-state index contributed by atoms with van der Waals surface area (Å²) in [4.78, 5) is 0. The molecule has 2 unspecified atom stereocenters. The molecule has 0 saturated heterocycles. The highest BCUT2D eigenvalue weighted by Gasteiger charge is 2.02. The van der Waals surface area contributed by atoms with Crippen LogP contribution in [0.15, 0.2) is 24.7 Å². The number of hydrogen-bond acceptors (Lipinski definition) is 1. The van der Waals surface area contributed by atoms with Crippen LogP contribution in [0.5, 0.6) is 0 Å². The molecule has 0 aliphatic heterocycles. The van der Waals surface area contributed by atoms with Crippen molar-refractivity contribution >= 4 is 0 Å². The summed E-state index contributed by atoms with van der Waals surface area (Å²) < 4.78 is 5.55. The Bertz CT molecular complexity index is 229. The maximum absolute atomic E-state index is 5.55. The van der Waals surface area contributed by atoms with Crippen LogP contribution >= 0.6 is 0 Å². The van der Waals surface area contributed by atoms with E-state index < -0.39 is 0 Å². The van der Waals surface area contributed by atoms with Crippen molar-refractivity contribution in [2.24, 2.45) is 11.8 Å². The Morgan fingerprint density at radius 1 is 0.667 bits per heavy atom. The zero-order chi connectivity index (χ0) is 15.8. The lowest BCUT2D eigenvalue weighted by Crippen LogP contribution is -1.95. The molecule has 0 aliphatic rings. The third kappa shape index (κ3) is 12.7. The molecule has 2 atom stereocenters. The van der Waals surface area contributed by atoms with Crippen molar-refractivity contribution in [1.29, 1.82) is 0 Å². The molecule has 0 N–H and O–H groups in total. The van der Waals surface area contributed by atoms with Gasteiger partial charge in [0.1, 0.15) is 0 Å². The highest BCUT2D eigenvalue weighted by Crippen LogP contribution is 2.16. The van der Waals surface area contributed by atoms with Crippen molar-refractivity contribution in [3.63, 3.8) is 0 Å². The van der Waals surface area contributed by atoms with E-state index in [4.69, 9.17) is 4.74 Å². The van der Waals surface area contributed by atoms with Gasteiger partial charge in [0.05, 0.1) is 12.5 Å². The minimum atomic E-state index is 0.677. The molecule has 124 valence electrons. The maximum atomic E-state index is 5.55. The van der Waals surface area contributed by atoms with Crippen LogP contribution in [-0.2, 0) is 4.74 Å². The molecule has 0 rings (SSSR count). The van der Waals surface area contributed by atoms with Gasteiger partial charge in [0.15, 0.2) is 0 Å². The molecule has 0 radical (unpaired) electrons. The lowest BCUT2D eigenvalue weighted by Gasteiger charge is -2.09. The molecule has 21 heavy (non-hydrogen) atoms. The second kappa shape index (κ2) is 15.7. The van der Waals surface area contributed by atoms with Gasteiger partial charge in [0, 0.05) is 0 Å². The van der Waals surface area contributed by atoms with Crippen LogP contribution in [0.2, 0.25) is 0 Å². The molecular formula is C20H38O. The average molecular weight is 295 g/mol. The molecule has 0 bridgehead atoms.